The molecule has 0 saturated carbocycles. The van der Waals surface area contributed by atoms with Crippen LogP contribution in [0.2, 0.25) is 0 Å². The number of rotatable bonds is 5. The highest BCUT2D eigenvalue weighted by Crippen LogP contribution is 2.39. The highest BCUT2D eigenvalue weighted by Gasteiger charge is 2.29. The van der Waals surface area contributed by atoms with Gasteiger partial charge in [-0.25, -0.2) is 0 Å². The average Bonchev–Trinajstić information content (AvgIpc) is 2.84. The van der Waals surface area contributed by atoms with E-state index in [0.29, 0.717) is 6.61 Å². The Bertz CT molecular complexity index is 1000. The summed E-state index contributed by atoms with van der Waals surface area (Å²) >= 11 is 3.58. The smallest absolute Gasteiger partial charge is 0.158 e. The molecule has 0 spiro atoms. The van der Waals surface area contributed by atoms with Crippen molar-refractivity contribution < 1.29 is 9.47 Å². The Morgan fingerprint density at radius 2 is 1.81 bits per heavy atom. The Hall–Kier alpha value is -2.14. The van der Waals surface area contributed by atoms with Crippen LogP contribution in [0, 0.1) is 0 Å². The van der Waals surface area contributed by atoms with Crippen molar-refractivity contribution in [2.24, 2.45) is 0 Å². The van der Waals surface area contributed by atoms with E-state index in [-0.39, 0.29) is 12.3 Å². The fraction of sp³-hybridized carbons (Fsp3) is 0.333. The second kappa shape index (κ2) is 9.56. The largest absolute Gasteiger partial charge is 0.360 e. The summed E-state index contributed by atoms with van der Waals surface area (Å²) in [6.07, 6.45) is 4.33. The predicted octanol–water partition coefficient (Wildman–Crippen LogP) is 6.64. The number of para-hydroxylation sites is 1. The monoisotopic (exact) mass is 477 g/mol. The van der Waals surface area contributed by atoms with Crippen molar-refractivity contribution in [3.05, 3.63) is 99.5 Å². The topological polar surface area (TPSA) is 21.7 Å². The molecular weight excluding hydrogens is 450 g/mol. The van der Waals surface area contributed by atoms with Crippen molar-refractivity contribution in [1.82, 2.24) is 0 Å². The first-order valence-corrected chi connectivity index (χ1v) is 12.0. The fourth-order valence-electron chi connectivity index (χ4n) is 4.70. The lowest BCUT2D eigenvalue weighted by atomic mass is 9.87. The molecule has 5 rings (SSSR count). The molecule has 1 fully saturated rings. The van der Waals surface area contributed by atoms with Crippen LogP contribution in [0.5, 0.6) is 0 Å². The summed E-state index contributed by atoms with van der Waals surface area (Å²) in [6.45, 7) is 2.43. The summed E-state index contributed by atoms with van der Waals surface area (Å²) in [5.41, 5.74) is 6.62. The van der Waals surface area contributed by atoms with Crippen LogP contribution in [0.1, 0.15) is 47.6 Å². The molecule has 0 aliphatic carbocycles. The van der Waals surface area contributed by atoms with Gasteiger partial charge in [0.15, 0.2) is 6.29 Å². The first-order chi connectivity index (χ1) is 15.3. The second-order valence-electron chi connectivity index (χ2n) is 8.37. The number of hydrogen-bond acceptors (Lipinski definition) is 3. The molecule has 0 bridgehead atoms. The van der Waals surface area contributed by atoms with Crippen molar-refractivity contribution in [3.63, 3.8) is 0 Å². The molecule has 2 aliphatic rings. The summed E-state index contributed by atoms with van der Waals surface area (Å²) in [5, 5.41) is 0. The number of halogens is 1. The van der Waals surface area contributed by atoms with Crippen LogP contribution < -0.4 is 4.90 Å². The molecular formula is C27H28BrNO2. The summed E-state index contributed by atoms with van der Waals surface area (Å²) < 4.78 is 12.9. The van der Waals surface area contributed by atoms with Gasteiger partial charge in [0.25, 0.3) is 0 Å². The van der Waals surface area contributed by atoms with Crippen LogP contribution in [0.3, 0.4) is 0 Å². The maximum atomic E-state index is 6.04. The van der Waals surface area contributed by atoms with E-state index in [1.807, 2.05) is 0 Å². The van der Waals surface area contributed by atoms with E-state index in [0.717, 1.165) is 36.9 Å². The van der Waals surface area contributed by atoms with Gasteiger partial charge in [0, 0.05) is 23.3 Å². The second-order valence-corrected chi connectivity index (χ2v) is 9.29. The van der Waals surface area contributed by atoms with Crippen molar-refractivity contribution in [1.29, 1.82) is 0 Å². The molecule has 160 valence electrons. The molecule has 2 unspecified atom stereocenters. The van der Waals surface area contributed by atoms with Gasteiger partial charge < -0.3 is 14.4 Å². The summed E-state index contributed by atoms with van der Waals surface area (Å²) in [4.78, 5) is 2.53. The lowest BCUT2D eigenvalue weighted by molar-refractivity contribution is -0.168. The Morgan fingerprint density at radius 1 is 0.968 bits per heavy atom. The Kier molecular flexibility index (Phi) is 6.40. The average molecular weight is 478 g/mol. The van der Waals surface area contributed by atoms with E-state index in [1.54, 1.807) is 0 Å². The zero-order chi connectivity index (χ0) is 21.0. The van der Waals surface area contributed by atoms with Gasteiger partial charge in [-0.15, -0.1) is 0 Å². The van der Waals surface area contributed by atoms with Crippen molar-refractivity contribution in [2.45, 2.75) is 44.6 Å². The van der Waals surface area contributed by atoms with Crippen LogP contribution in [-0.2, 0) is 22.5 Å². The highest BCUT2D eigenvalue weighted by atomic mass is 79.9. The molecule has 2 aliphatic heterocycles. The van der Waals surface area contributed by atoms with Crippen LogP contribution in [0.4, 0.5) is 5.69 Å². The first kappa shape index (κ1) is 20.7. The van der Waals surface area contributed by atoms with Gasteiger partial charge in [0.1, 0.15) is 0 Å². The summed E-state index contributed by atoms with van der Waals surface area (Å²) in [7, 11) is 0. The van der Waals surface area contributed by atoms with E-state index in [4.69, 9.17) is 9.47 Å². The molecule has 3 nitrogen and oxygen atoms in total. The van der Waals surface area contributed by atoms with Crippen molar-refractivity contribution in [3.8, 4) is 0 Å². The number of benzene rings is 3. The van der Waals surface area contributed by atoms with Gasteiger partial charge in [-0.3, -0.25) is 0 Å². The van der Waals surface area contributed by atoms with Crippen molar-refractivity contribution in [2.75, 3.05) is 18.1 Å². The standard InChI is InChI=1S/C27H28BrNO2/c28-23-12-10-21(11-13-23)27-25-14-9-20(19-31-26-8-4-5-17-30-26)18-22(25)15-16-29(27)24-6-2-1-3-7-24/h1-3,6-7,9-14,18,26-27H,4-5,8,15-17,19H2. The normalized spacial score (nSPS) is 21.0. The van der Waals surface area contributed by atoms with Gasteiger partial charge in [-0.1, -0.05) is 64.5 Å². The first-order valence-electron chi connectivity index (χ1n) is 11.2. The quantitative estimate of drug-likeness (QED) is 0.410. The zero-order valence-corrected chi connectivity index (χ0v) is 19.3. The number of hydrogen-bond donors (Lipinski definition) is 0. The van der Waals surface area contributed by atoms with E-state index in [2.05, 4.69) is 93.6 Å². The minimum Gasteiger partial charge on any atom is -0.360 e. The molecule has 31 heavy (non-hydrogen) atoms. The molecule has 0 radical (unpaired) electrons. The number of fused-ring (bicyclic) bond motifs is 1. The predicted molar refractivity (Wildman–Crippen MR) is 128 cm³/mol. The van der Waals surface area contributed by atoms with Gasteiger partial charge >= 0.3 is 0 Å². The summed E-state index contributed by atoms with van der Waals surface area (Å²) in [5.74, 6) is 0. The molecule has 1 saturated heterocycles. The lowest BCUT2D eigenvalue weighted by Crippen LogP contribution is -2.36. The van der Waals surface area contributed by atoms with Gasteiger partial charge in [0.2, 0.25) is 0 Å². The SMILES string of the molecule is Brc1ccc(C2c3ccc(COC4CCCCO4)cc3CCN2c2ccccc2)cc1. The maximum absolute atomic E-state index is 6.04. The van der Waals surface area contributed by atoms with Crippen LogP contribution in [0.25, 0.3) is 0 Å². The number of anilines is 1. The van der Waals surface area contributed by atoms with E-state index in [1.165, 1.54) is 34.4 Å². The van der Waals surface area contributed by atoms with Gasteiger partial charge in [-0.05, 0) is 72.2 Å². The van der Waals surface area contributed by atoms with Gasteiger partial charge in [-0.2, -0.15) is 0 Å². The Balaban J connectivity index is 1.44. The minimum atomic E-state index is -0.0473. The molecule has 3 aromatic carbocycles. The number of ether oxygens (including phenoxy) is 2. The minimum absolute atomic E-state index is 0.0473. The molecule has 2 atom stereocenters. The van der Waals surface area contributed by atoms with Crippen molar-refractivity contribution >= 4 is 21.6 Å². The molecule has 0 amide bonds. The molecule has 0 aromatic heterocycles. The molecule has 0 N–H and O–H groups in total. The maximum Gasteiger partial charge on any atom is 0.158 e. The van der Waals surface area contributed by atoms with E-state index in [9.17, 15) is 0 Å². The number of nitrogens with zero attached hydrogens (tertiary/aromatic N) is 1. The third kappa shape index (κ3) is 4.72. The van der Waals surface area contributed by atoms with Crippen LogP contribution >= 0.6 is 15.9 Å². The third-order valence-corrected chi connectivity index (χ3v) is 6.81. The van der Waals surface area contributed by atoms with Gasteiger partial charge in [0.05, 0.1) is 12.6 Å². The Morgan fingerprint density at radius 3 is 2.58 bits per heavy atom. The molecule has 2 heterocycles. The fourth-order valence-corrected chi connectivity index (χ4v) is 4.97. The molecule has 3 aromatic rings. The highest BCUT2D eigenvalue weighted by molar-refractivity contribution is 9.10. The van der Waals surface area contributed by atoms with E-state index >= 15 is 0 Å². The third-order valence-electron chi connectivity index (χ3n) is 6.28. The van der Waals surface area contributed by atoms with Crippen LogP contribution in [0.15, 0.2) is 77.3 Å². The lowest BCUT2D eigenvalue weighted by Gasteiger charge is -2.39. The van der Waals surface area contributed by atoms with E-state index < -0.39 is 0 Å². The summed E-state index contributed by atoms with van der Waals surface area (Å²) in [6, 6.07) is 26.6. The Labute approximate surface area is 193 Å². The zero-order valence-electron chi connectivity index (χ0n) is 17.7. The van der Waals surface area contributed by atoms with Crippen LogP contribution in [-0.4, -0.2) is 19.4 Å². The molecule has 4 heteroatoms.